The van der Waals surface area contributed by atoms with Crippen LogP contribution in [0.25, 0.3) is 33.1 Å². The summed E-state index contributed by atoms with van der Waals surface area (Å²) in [4.78, 5) is 31.9. The van der Waals surface area contributed by atoms with E-state index in [0.29, 0.717) is 22.0 Å². The largest absolute Gasteiger partial charge is 0.482 e. The maximum Gasteiger partial charge on any atom is 0.264 e. The van der Waals surface area contributed by atoms with E-state index in [-0.39, 0.29) is 18.1 Å². The van der Waals surface area contributed by atoms with Crippen molar-refractivity contribution in [2.45, 2.75) is 13.8 Å². The predicted octanol–water partition coefficient (Wildman–Crippen LogP) is 4.71. The molecule has 0 saturated carbocycles. The number of rotatable bonds is 1. The molecule has 0 spiro atoms. The van der Waals surface area contributed by atoms with Gasteiger partial charge in [0, 0.05) is 34.6 Å². The van der Waals surface area contributed by atoms with Gasteiger partial charge in [0.05, 0.1) is 16.7 Å². The molecule has 0 radical (unpaired) electrons. The maximum absolute atomic E-state index is 12.3. The molecule has 4 aromatic rings. The van der Waals surface area contributed by atoms with E-state index < -0.39 is 0 Å². The average Bonchev–Trinajstić information content (AvgIpc) is 3.09. The number of nitrogens with zero attached hydrogens (tertiary/aromatic N) is 1. The summed E-state index contributed by atoms with van der Waals surface area (Å²) in [5.41, 5.74) is 4.49. The molecule has 6 nitrogen and oxygen atoms in total. The van der Waals surface area contributed by atoms with Gasteiger partial charge in [0.15, 0.2) is 6.61 Å². The van der Waals surface area contributed by atoms with Crippen molar-refractivity contribution in [2.24, 2.45) is 0 Å². The Balaban J connectivity index is 0.000000994. The van der Waals surface area contributed by atoms with E-state index >= 15 is 0 Å². The van der Waals surface area contributed by atoms with E-state index in [4.69, 9.17) is 16.3 Å². The van der Waals surface area contributed by atoms with Crippen molar-refractivity contribution in [3.63, 3.8) is 0 Å². The monoisotopic (exact) mass is 409 g/mol. The van der Waals surface area contributed by atoms with Gasteiger partial charge < -0.3 is 19.6 Å². The topological polar surface area (TPSA) is 78.2 Å². The van der Waals surface area contributed by atoms with Gasteiger partial charge in [-0.25, -0.2) is 0 Å². The lowest BCUT2D eigenvalue weighted by Gasteiger charge is -2.26. The van der Waals surface area contributed by atoms with Crippen LogP contribution in [0.3, 0.4) is 0 Å². The number of nitrogens with one attached hydrogen (secondary N) is 2. The van der Waals surface area contributed by atoms with Gasteiger partial charge in [-0.3, -0.25) is 9.59 Å². The van der Waals surface area contributed by atoms with Gasteiger partial charge in [-0.05, 0) is 35.9 Å². The minimum absolute atomic E-state index is 0.00260. The second-order valence-electron chi connectivity index (χ2n) is 6.54. The third-order valence-corrected chi connectivity index (χ3v) is 5.15. The van der Waals surface area contributed by atoms with Crippen LogP contribution < -0.4 is 15.2 Å². The molecule has 0 atom stereocenters. The maximum atomic E-state index is 12.3. The zero-order valence-electron chi connectivity index (χ0n) is 16.3. The van der Waals surface area contributed by atoms with E-state index in [0.717, 1.165) is 27.5 Å². The van der Waals surface area contributed by atoms with Crippen molar-refractivity contribution in [1.82, 2.24) is 9.97 Å². The summed E-state index contributed by atoms with van der Waals surface area (Å²) in [5.74, 6) is 0.517. The molecule has 0 saturated heterocycles. The normalized spacial score (nSPS) is 13.1. The van der Waals surface area contributed by atoms with Crippen LogP contribution in [0.1, 0.15) is 13.8 Å². The van der Waals surface area contributed by atoms with Gasteiger partial charge in [-0.2, -0.15) is 0 Å². The number of aromatic amines is 2. The Bertz CT molecular complexity index is 1310. The van der Waals surface area contributed by atoms with Crippen molar-refractivity contribution >= 4 is 45.1 Å². The molecule has 0 aliphatic carbocycles. The minimum atomic E-state index is -0.204. The molecule has 1 aliphatic heterocycles. The highest BCUT2D eigenvalue weighted by molar-refractivity contribution is 6.31. The second kappa shape index (κ2) is 7.29. The number of carbonyl (C=O) groups is 1. The Morgan fingerprint density at radius 1 is 1.00 bits per heavy atom. The molecular weight excluding hydrogens is 390 g/mol. The van der Waals surface area contributed by atoms with Crippen molar-refractivity contribution in [2.75, 3.05) is 18.6 Å². The number of aromatic nitrogens is 2. The van der Waals surface area contributed by atoms with Crippen LogP contribution in [0.15, 0.2) is 47.3 Å². The molecule has 0 fully saturated rings. The lowest BCUT2D eigenvalue weighted by atomic mass is 10.0. The van der Waals surface area contributed by atoms with Gasteiger partial charge >= 0.3 is 0 Å². The van der Waals surface area contributed by atoms with E-state index in [9.17, 15) is 9.59 Å². The number of pyridine rings is 1. The third kappa shape index (κ3) is 3.15. The Hall–Kier alpha value is -3.25. The third-order valence-electron chi connectivity index (χ3n) is 4.91. The summed E-state index contributed by atoms with van der Waals surface area (Å²) in [5, 5.41) is 1.46. The second-order valence-corrected chi connectivity index (χ2v) is 6.97. The van der Waals surface area contributed by atoms with Crippen LogP contribution in [0.5, 0.6) is 5.75 Å². The van der Waals surface area contributed by atoms with Crippen LogP contribution in [-0.2, 0) is 4.79 Å². The molecule has 2 N–H and O–H groups in total. The molecule has 2 aromatic carbocycles. The first-order valence-electron chi connectivity index (χ1n) is 9.39. The summed E-state index contributed by atoms with van der Waals surface area (Å²) in [6, 6.07) is 12.6. The SMILES string of the molecule is CC.CN1C(=O)COc2cc(-c3cc(=O)[nH]c4c3[nH]c3ccc(Cl)cc34)ccc21. The Morgan fingerprint density at radius 3 is 2.59 bits per heavy atom. The van der Waals surface area contributed by atoms with E-state index in [1.807, 2.05) is 44.2 Å². The Morgan fingerprint density at radius 2 is 1.79 bits per heavy atom. The zero-order chi connectivity index (χ0) is 20.7. The first-order valence-corrected chi connectivity index (χ1v) is 9.77. The summed E-state index contributed by atoms with van der Waals surface area (Å²) >= 11 is 6.12. The molecule has 148 valence electrons. The molecule has 0 bridgehead atoms. The molecular formula is C22H20ClN3O3. The van der Waals surface area contributed by atoms with Crippen LogP contribution in [0.4, 0.5) is 5.69 Å². The number of amides is 1. The van der Waals surface area contributed by atoms with Gasteiger partial charge in [0.1, 0.15) is 5.75 Å². The van der Waals surface area contributed by atoms with E-state index in [2.05, 4.69) is 9.97 Å². The molecule has 1 aliphatic rings. The fraction of sp³-hybridized carbons (Fsp3) is 0.182. The van der Waals surface area contributed by atoms with Gasteiger partial charge in [0.2, 0.25) is 5.56 Å². The summed E-state index contributed by atoms with van der Waals surface area (Å²) in [6.07, 6.45) is 0. The van der Waals surface area contributed by atoms with Crippen molar-refractivity contribution in [3.05, 3.63) is 57.8 Å². The number of hydrogen-bond acceptors (Lipinski definition) is 3. The number of H-pyrrole nitrogens is 2. The number of carbonyl (C=O) groups excluding carboxylic acids is 1. The Labute approximate surface area is 172 Å². The number of hydrogen-bond donors (Lipinski definition) is 2. The molecule has 0 unspecified atom stereocenters. The van der Waals surface area contributed by atoms with Crippen LogP contribution in [-0.4, -0.2) is 29.5 Å². The van der Waals surface area contributed by atoms with Gasteiger partial charge in [-0.1, -0.05) is 31.5 Å². The van der Waals surface area contributed by atoms with Gasteiger partial charge in [-0.15, -0.1) is 0 Å². The van der Waals surface area contributed by atoms with Crippen LogP contribution >= 0.6 is 11.6 Å². The number of ether oxygens (including phenoxy) is 1. The molecule has 5 rings (SSSR count). The van der Waals surface area contributed by atoms with Crippen molar-refractivity contribution < 1.29 is 9.53 Å². The zero-order valence-corrected chi connectivity index (χ0v) is 17.1. The van der Waals surface area contributed by atoms with Crippen LogP contribution in [0.2, 0.25) is 5.02 Å². The van der Waals surface area contributed by atoms with Crippen molar-refractivity contribution in [1.29, 1.82) is 0 Å². The summed E-state index contributed by atoms with van der Waals surface area (Å²) < 4.78 is 5.58. The van der Waals surface area contributed by atoms with Crippen molar-refractivity contribution in [3.8, 4) is 16.9 Å². The number of benzene rings is 2. The standard InChI is InChI=1S/C20H14ClN3O3.C2H6/c1-24-15-5-2-10(6-16(15)27-9-18(24)26)12-8-17(25)23-20-13-7-11(21)3-4-14(13)22-19(12)20;1-2/h2-8,22H,9H2,1H3,(H,23,25);1-2H3. The van der Waals surface area contributed by atoms with Crippen LogP contribution in [0, 0.1) is 0 Å². The lowest BCUT2D eigenvalue weighted by molar-refractivity contribution is -0.120. The highest BCUT2D eigenvalue weighted by atomic mass is 35.5. The quantitative estimate of drug-likeness (QED) is 0.477. The molecule has 7 heteroatoms. The fourth-order valence-corrected chi connectivity index (χ4v) is 3.70. The molecule has 1 amide bonds. The number of anilines is 1. The molecule has 3 heterocycles. The number of fused-ring (bicyclic) bond motifs is 4. The minimum Gasteiger partial charge on any atom is -0.482 e. The summed E-state index contributed by atoms with van der Waals surface area (Å²) in [6.45, 7) is 4.00. The first-order chi connectivity index (χ1) is 14.0. The smallest absolute Gasteiger partial charge is 0.264 e. The molecule has 29 heavy (non-hydrogen) atoms. The summed E-state index contributed by atoms with van der Waals surface area (Å²) in [7, 11) is 1.72. The average molecular weight is 410 g/mol. The molecule has 2 aromatic heterocycles. The Kier molecular flexibility index (Phi) is 4.80. The lowest BCUT2D eigenvalue weighted by Crippen LogP contribution is -2.35. The fourth-order valence-electron chi connectivity index (χ4n) is 3.53. The van der Waals surface area contributed by atoms with Gasteiger partial charge in [0.25, 0.3) is 5.91 Å². The van der Waals surface area contributed by atoms with E-state index in [1.54, 1.807) is 24.1 Å². The van der Waals surface area contributed by atoms with E-state index in [1.165, 1.54) is 0 Å². The number of likely N-dealkylation sites (N-methyl/N-ethyl adjacent to an activating group) is 1. The highest BCUT2D eigenvalue weighted by Crippen LogP contribution is 2.38. The first kappa shape index (κ1) is 19.1. The number of halogens is 1. The predicted molar refractivity (Wildman–Crippen MR) is 117 cm³/mol. The highest BCUT2D eigenvalue weighted by Gasteiger charge is 2.23.